The minimum Gasteiger partial charge on any atom is -0.400 e. The summed E-state index contributed by atoms with van der Waals surface area (Å²) in [6.07, 6.45) is 26.0. The summed E-state index contributed by atoms with van der Waals surface area (Å²) in [5, 5.41) is 31.3. The van der Waals surface area contributed by atoms with Gasteiger partial charge in [0.2, 0.25) is 29.5 Å². The van der Waals surface area contributed by atoms with Crippen molar-refractivity contribution < 1.29 is 48.8 Å². The summed E-state index contributed by atoms with van der Waals surface area (Å²) in [6.45, 7) is 16.6. The zero-order chi connectivity index (χ0) is 49.7. The normalized spacial score (nSPS) is 11.3. The Morgan fingerprint density at radius 2 is 1.28 bits per heavy atom. The molecule has 378 valence electrons. The van der Waals surface area contributed by atoms with Gasteiger partial charge in [0.15, 0.2) is 0 Å². The SMILES string of the molecule is C.C#C.C/C=C\C(CC)/C(C)=C\NCC.CC(N)=O.CCCCCCCCCC(=O)NCCNCC[C@H](N)C(=O)NCC(=O)NCC[C@H](C)NC(=O)CCCC(=O)OOC.CO.CO. The summed E-state index contributed by atoms with van der Waals surface area (Å²) >= 11 is 0. The van der Waals surface area contributed by atoms with Crippen LogP contribution in [0.15, 0.2) is 23.9 Å². The van der Waals surface area contributed by atoms with Crippen LogP contribution in [0.2, 0.25) is 0 Å². The first-order chi connectivity index (χ1) is 30.2. The Balaban J connectivity index is -0.000000234. The Bertz CT molecular complexity index is 1180. The number of nitrogens with two attached hydrogens (primary N) is 2. The van der Waals surface area contributed by atoms with Gasteiger partial charge in [0.25, 0.3) is 0 Å². The molecule has 5 amide bonds. The highest BCUT2D eigenvalue weighted by atomic mass is 17.2. The van der Waals surface area contributed by atoms with Crippen molar-refractivity contribution in [3.63, 3.8) is 0 Å². The molecule has 0 aliphatic rings. The van der Waals surface area contributed by atoms with E-state index < -0.39 is 17.9 Å². The molecular formula is C46H94N8O10. The number of carbonyl (C=O) groups excluding carboxylic acids is 6. The molecule has 1 unspecified atom stereocenters. The first-order valence-electron chi connectivity index (χ1n) is 22.0. The number of hydrogen-bond donors (Lipinski definition) is 10. The van der Waals surface area contributed by atoms with E-state index in [1.807, 2.05) is 6.92 Å². The third-order valence-corrected chi connectivity index (χ3v) is 8.27. The van der Waals surface area contributed by atoms with Crippen molar-refractivity contribution in [2.45, 2.75) is 158 Å². The highest BCUT2D eigenvalue weighted by molar-refractivity contribution is 5.87. The van der Waals surface area contributed by atoms with Gasteiger partial charge >= 0.3 is 5.97 Å². The average molecular weight is 919 g/mol. The van der Waals surface area contributed by atoms with Gasteiger partial charge in [0, 0.05) is 72.6 Å². The molecule has 0 aromatic carbocycles. The summed E-state index contributed by atoms with van der Waals surface area (Å²) in [6, 6.07) is -0.934. The van der Waals surface area contributed by atoms with E-state index in [1.165, 1.54) is 58.1 Å². The highest BCUT2D eigenvalue weighted by Gasteiger charge is 2.15. The summed E-state index contributed by atoms with van der Waals surface area (Å²) in [5.74, 6) is -1.17. The van der Waals surface area contributed by atoms with Gasteiger partial charge in [0.05, 0.1) is 19.7 Å². The van der Waals surface area contributed by atoms with E-state index in [4.69, 9.17) is 15.9 Å². The number of carbonyl (C=O) groups is 6. The first-order valence-corrected chi connectivity index (χ1v) is 22.0. The summed E-state index contributed by atoms with van der Waals surface area (Å²) in [4.78, 5) is 76.9. The van der Waals surface area contributed by atoms with E-state index >= 15 is 0 Å². The molecule has 0 aliphatic heterocycles. The van der Waals surface area contributed by atoms with Gasteiger partial charge in [-0.25, -0.2) is 4.79 Å². The quantitative estimate of drug-likeness (QED) is 0.0157. The Labute approximate surface area is 388 Å². The molecule has 0 aromatic heterocycles. The van der Waals surface area contributed by atoms with Gasteiger partial charge in [-0.05, 0) is 78.5 Å². The lowest BCUT2D eigenvalue weighted by Crippen LogP contribution is -2.46. The molecule has 0 fully saturated rings. The van der Waals surface area contributed by atoms with Crippen LogP contribution in [0.25, 0.3) is 0 Å². The minimum atomic E-state index is -0.756. The Kier molecular flexibility index (Phi) is 69.9. The topological polar surface area (TPSA) is 286 Å². The molecule has 12 N–H and O–H groups in total. The molecule has 0 saturated carbocycles. The van der Waals surface area contributed by atoms with Crippen molar-refractivity contribution >= 4 is 35.5 Å². The third-order valence-electron chi connectivity index (χ3n) is 8.27. The monoisotopic (exact) mass is 919 g/mol. The van der Waals surface area contributed by atoms with Gasteiger partial charge < -0.3 is 53.6 Å². The number of nitrogens with one attached hydrogen (secondary N) is 6. The first kappa shape index (κ1) is 73.8. The predicted octanol–water partition coefficient (Wildman–Crippen LogP) is 3.65. The van der Waals surface area contributed by atoms with Crippen LogP contribution in [0.4, 0.5) is 0 Å². The maximum absolute atomic E-state index is 12.1. The molecule has 0 aromatic rings. The van der Waals surface area contributed by atoms with E-state index in [2.05, 4.69) is 113 Å². The second kappa shape index (κ2) is 60.5. The van der Waals surface area contributed by atoms with Gasteiger partial charge in [0.1, 0.15) is 0 Å². The number of aliphatic hydroxyl groups is 2. The molecule has 18 nitrogen and oxygen atoms in total. The van der Waals surface area contributed by atoms with E-state index in [9.17, 15) is 28.8 Å². The van der Waals surface area contributed by atoms with Gasteiger partial charge in [-0.3, -0.25) is 28.9 Å². The van der Waals surface area contributed by atoms with Crippen molar-refractivity contribution in [1.29, 1.82) is 0 Å². The van der Waals surface area contributed by atoms with Crippen molar-refractivity contribution in [1.82, 2.24) is 31.9 Å². The fraction of sp³-hybridized carbons (Fsp3) is 0.739. The Hall–Kier alpha value is -4.54. The largest absolute Gasteiger partial charge is 0.400 e. The van der Waals surface area contributed by atoms with E-state index in [0.29, 0.717) is 57.8 Å². The van der Waals surface area contributed by atoms with Crippen LogP contribution in [-0.2, 0) is 38.5 Å². The third kappa shape index (κ3) is 61.8. The zero-order valence-electron chi connectivity index (χ0n) is 40.6. The smallest absolute Gasteiger partial charge is 0.342 e. The van der Waals surface area contributed by atoms with Crippen molar-refractivity contribution in [3.05, 3.63) is 23.9 Å². The number of primary amides is 1. The van der Waals surface area contributed by atoms with E-state index in [1.54, 1.807) is 0 Å². The highest BCUT2D eigenvalue weighted by Crippen LogP contribution is 2.15. The number of hydrogen-bond acceptors (Lipinski definition) is 13. The van der Waals surface area contributed by atoms with Crippen LogP contribution in [0, 0.1) is 18.8 Å². The molecular weight excluding hydrogens is 825 g/mol. The fourth-order valence-electron chi connectivity index (χ4n) is 5.08. The average Bonchev–Trinajstić information content (AvgIpc) is 3.26. The molecule has 0 bridgehead atoms. The molecule has 64 heavy (non-hydrogen) atoms. The molecule has 0 saturated heterocycles. The second-order valence-electron chi connectivity index (χ2n) is 13.8. The molecule has 18 heteroatoms. The lowest BCUT2D eigenvalue weighted by Gasteiger charge is -2.15. The number of terminal acetylenes is 1. The van der Waals surface area contributed by atoms with Crippen molar-refractivity contribution in [3.8, 4) is 12.8 Å². The summed E-state index contributed by atoms with van der Waals surface area (Å²) in [5.41, 5.74) is 11.8. The predicted molar refractivity (Wildman–Crippen MR) is 260 cm³/mol. The van der Waals surface area contributed by atoms with Crippen LogP contribution in [-0.4, -0.2) is 118 Å². The Morgan fingerprint density at radius 3 is 1.81 bits per heavy atom. The van der Waals surface area contributed by atoms with E-state index in [-0.39, 0.29) is 56.5 Å². The number of rotatable bonds is 31. The lowest BCUT2D eigenvalue weighted by atomic mass is 9.98. The summed E-state index contributed by atoms with van der Waals surface area (Å²) in [7, 11) is 3.23. The number of aliphatic hydroxyl groups excluding tert-OH is 2. The van der Waals surface area contributed by atoms with Crippen LogP contribution in [0.5, 0.6) is 0 Å². The van der Waals surface area contributed by atoms with Gasteiger partial charge in [-0.2, -0.15) is 4.89 Å². The minimum absolute atomic E-state index is 0. The molecule has 0 spiro atoms. The van der Waals surface area contributed by atoms with Gasteiger partial charge in [-0.1, -0.05) is 77.5 Å². The lowest BCUT2D eigenvalue weighted by molar-refractivity contribution is -0.255. The zero-order valence-corrected chi connectivity index (χ0v) is 40.6. The second-order valence-corrected chi connectivity index (χ2v) is 13.8. The van der Waals surface area contributed by atoms with Crippen LogP contribution < -0.4 is 43.4 Å². The van der Waals surface area contributed by atoms with Crippen molar-refractivity contribution in [2.24, 2.45) is 17.4 Å². The van der Waals surface area contributed by atoms with E-state index in [0.717, 1.165) is 33.6 Å². The van der Waals surface area contributed by atoms with Gasteiger partial charge in [-0.15, -0.1) is 12.8 Å². The molecule has 0 aliphatic carbocycles. The molecule has 0 rings (SSSR count). The summed E-state index contributed by atoms with van der Waals surface area (Å²) < 4.78 is 0. The van der Waals surface area contributed by atoms with Crippen molar-refractivity contribution in [2.75, 3.05) is 60.6 Å². The number of unbranched alkanes of at least 4 members (excludes halogenated alkanes) is 6. The standard InChI is InChI=1S/C28H54N6O7.C11H21N.C2H5NO.C2H2.2CH4O.CH4/c1-4-5-6-7-8-9-10-12-24(35)32-20-19-30-17-16-23(29)28(39)33-21-26(37)31-18-15-22(2)34-25(36)13-11-14-27(38)41-40-3;1-5-8-11(6-2)10(4)9-12-7-3;1-2(3)4;3*1-2;/h22-23,30H,4-21,29H2,1-3H3,(H,31,37)(H,32,35)(H,33,39)(H,34,36);5,8-9,11-12H,6-7H2,1-4H3;1H3,(H2,3,4);1-2H;2*2H,1H3;1H4/b;8-5-,10-9-;;;;;/t22-,23-;;;;;;/m0....../s1. The molecule has 0 heterocycles. The maximum atomic E-state index is 12.1. The number of allylic oxidation sites excluding steroid dienone is 3. The Morgan fingerprint density at radius 1 is 0.734 bits per heavy atom. The van der Waals surface area contributed by atoms with Crippen LogP contribution in [0.1, 0.15) is 146 Å². The number of amides is 5. The molecule has 3 atom stereocenters. The maximum Gasteiger partial charge on any atom is 0.342 e. The fourth-order valence-corrected chi connectivity index (χ4v) is 5.08. The molecule has 0 radical (unpaired) electrons. The van der Waals surface area contributed by atoms with Crippen LogP contribution in [0.3, 0.4) is 0 Å². The van der Waals surface area contributed by atoms with Crippen LogP contribution >= 0.6 is 0 Å².